The van der Waals surface area contributed by atoms with Crippen LogP contribution < -0.4 is 0 Å². The zero-order valence-electron chi connectivity index (χ0n) is 19.6. The van der Waals surface area contributed by atoms with E-state index in [1.165, 1.54) is 0 Å². The molecule has 2 heterocycles. The lowest BCUT2D eigenvalue weighted by Crippen LogP contribution is -2.53. The minimum absolute atomic E-state index is 0.0239. The molecule has 0 spiro atoms. The molecule has 1 saturated heterocycles. The number of rotatable bonds is 5. The molecule has 1 saturated carbocycles. The van der Waals surface area contributed by atoms with Gasteiger partial charge in [-0.3, -0.25) is 4.98 Å². The Bertz CT molecular complexity index is 1080. The molecule has 174 valence electrons. The lowest BCUT2D eigenvalue weighted by molar-refractivity contribution is -0.160. The minimum Gasteiger partial charge on any atom is -0.460 e. The van der Waals surface area contributed by atoms with Crippen LogP contribution in [0.3, 0.4) is 0 Å². The quantitative estimate of drug-likeness (QED) is 0.293. The molecule has 4 rings (SSSR count). The number of aromatic nitrogens is 1. The predicted molar refractivity (Wildman–Crippen MR) is 128 cm³/mol. The summed E-state index contributed by atoms with van der Waals surface area (Å²) in [4.78, 5) is 17.1. The molecule has 1 aliphatic carbocycles. The van der Waals surface area contributed by atoms with Crippen LogP contribution in [0.5, 0.6) is 0 Å². The molecule has 0 bridgehead atoms. The largest absolute Gasteiger partial charge is 0.460 e. The van der Waals surface area contributed by atoms with E-state index < -0.39 is 11.6 Å². The molecule has 6 nitrogen and oxygen atoms in total. The first-order valence-corrected chi connectivity index (χ1v) is 11.7. The van der Waals surface area contributed by atoms with Crippen LogP contribution in [-0.4, -0.2) is 38.7 Å². The van der Waals surface area contributed by atoms with Crippen molar-refractivity contribution in [3.05, 3.63) is 59.9 Å². The molecular weight excluding hydrogens is 416 g/mol. The second-order valence-electron chi connectivity index (χ2n) is 9.45. The van der Waals surface area contributed by atoms with E-state index >= 15 is 0 Å². The van der Waals surface area contributed by atoms with Gasteiger partial charge in [-0.2, -0.15) is 0 Å². The number of esters is 1. The predicted octanol–water partition coefficient (Wildman–Crippen LogP) is 4.93. The Morgan fingerprint density at radius 2 is 2.03 bits per heavy atom. The van der Waals surface area contributed by atoms with Crippen molar-refractivity contribution < 1.29 is 19.8 Å². The fraction of sp³-hybridized carbons (Fsp3) is 0.444. The Labute approximate surface area is 195 Å². The highest BCUT2D eigenvalue weighted by molar-refractivity contribution is 6.04. The highest BCUT2D eigenvalue weighted by Gasteiger charge is 2.62. The van der Waals surface area contributed by atoms with Crippen molar-refractivity contribution >= 4 is 17.8 Å². The van der Waals surface area contributed by atoms with Crippen LogP contribution in [0.1, 0.15) is 51.8 Å². The van der Waals surface area contributed by atoms with Gasteiger partial charge >= 0.3 is 5.97 Å². The second kappa shape index (κ2) is 9.10. The van der Waals surface area contributed by atoms with E-state index in [1.807, 2.05) is 55.6 Å². The number of oxime groups is 1. The van der Waals surface area contributed by atoms with Crippen LogP contribution in [-0.2, 0) is 9.53 Å². The Morgan fingerprint density at radius 1 is 1.27 bits per heavy atom. The smallest absolute Gasteiger partial charge is 0.338 e. The van der Waals surface area contributed by atoms with E-state index in [4.69, 9.17) is 4.74 Å². The Balaban J connectivity index is 1.62. The first-order valence-electron chi connectivity index (χ1n) is 11.7. The van der Waals surface area contributed by atoms with Crippen molar-refractivity contribution in [3.63, 3.8) is 0 Å². The molecule has 6 heteroatoms. The number of carbonyl (C=O) groups is 1. The van der Waals surface area contributed by atoms with Gasteiger partial charge in [-0.1, -0.05) is 61.8 Å². The number of pyridine rings is 1. The highest BCUT2D eigenvalue weighted by Crippen LogP contribution is 2.52. The number of hydrogen-bond donors (Lipinski definition) is 2. The number of benzene rings is 1. The topological polar surface area (TPSA) is 92.0 Å². The zero-order valence-corrected chi connectivity index (χ0v) is 19.6. The zero-order chi connectivity index (χ0) is 23.8. The molecule has 1 aromatic heterocycles. The number of fused-ring (bicyclic) bond motifs is 1. The van der Waals surface area contributed by atoms with Crippen LogP contribution in [0.25, 0.3) is 17.2 Å². The third-order valence-electron chi connectivity index (χ3n) is 7.50. The number of allylic oxidation sites excluding steroid dienone is 1. The molecule has 2 aromatic rings. The average molecular weight is 449 g/mol. The fourth-order valence-electron chi connectivity index (χ4n) is 5.92. The molecule has 1 aromatic carbocycles. The van der Waals surface area contributed by atoms with Gasteiger partial charge in [0.1, 0.15) is 6.10 Å². The van der Waals surface area contributed by atoms with Crippen molar-refractivity contribution in [2.24, 2.45) is 28.8 Å². The molecular formula is C27H32N2O4. The summed E-state index contributed by atoms with van der Waals surface area (Å²) in [6.45, 7) is 7.92. The Hall–Kier alpha value is -2.99. The number of cyclic esters (lactones) is 1. The summed E-state index contributed by atoms with van der Waals surface area (Å²) < 4.78 is 5.47. The van der Waals surface area contributed by atoms with E-state index in [0.717, 1.165) is 28.8 Å². The molecule has 33 heavy (non-hydrogen) atoms. The van der Waals surface area contributed by atoms with Gasteiger partial charge in [-0.15, -0.1) is 0 Å². The lowest BCUT2D eigenvalue weighted by atomic mass is 9.59. The first kappa shape index (κ1) is 23.2. The average Bonchev–Trinajstić information content (AvgIpc) is 3.04. The normalized spacial score (nSPS) is 32.1. The molecule has 2 N–H and O–H groups in total. The third kappa shape index (κ3) is 4.08. The first-order chi connectivity index (χ1) is 15.8. The fourth-order valence-corrected chi connectivity index (χ4v) is 5.92. The van der Waals surface area contributed by atoms with Crippen LogP contribution in [0.15, 0.2) is 53.8 Å². The number of nitrogens with zero attached hydrogens (tertiary/aromatic N) is 2. The van der Waals surface area contributed by atoms with Gasteiger partial charge in [-0.05, 0) is 55.7 Å². The molecule has 0 radical (unpaired) electrons. The Morgan fingerprint density at radius 3 is 2.70 bits per heavy atom. The van der Waals surface area contributed by atoms with Crippen LogP contribution >= 0.6 is 0 Å². The summed E-state index contributed by atoms with van der Waals surface area (Å²) in [5.74, 6) is -0.143. The van der Waals surface area contributed by atoms with Crippen molar-refractivity contribution in [1.82, 2.24) is 4.98 Å². The third-order valence-corrected chi connectivity index (χ3v) is 7.50. The molecule has 2 aliphatic rings. The SMILES string of the molecule is CCC1C(C)CC2(O)C(=O)OC(C)C2C1/C=C/c1ccc(-c2ccccc2/C(C)=N/O)cn1. The summed E-state index contributed by atoms with van der Waals surface area (Å²) in [5, 5.41) is 23.7. The van der Waals surface area contributed by atoms with E-state index in [2.05, 4.69) is 30.1 Å². The van der Waals surface area contributed by atoms with E-state index in [9.17, 15) is 15.1 Å². The minimum atomic E-state index is -1.41. The maximum absolute atomic E-state index is 12.4. The van der Waals surface area contributed by atoms with Gasteiger partial charge in [-0.25, -0.2) is 4.79 Å². The highest BCUT2D eigenvalue weighted by atomic mass is 16.6. The van der Waals surface area contributed by atoms with E-state index in [-0.39, 0.29) is 23.9 Å². The number of ether oxygens (including phenoxy) is 1. The van der Waals surface area contributed by atoms with E-state index in [1.54, 1.807) is 6.92 Å². The molecule has 6 unspecified atom stereocenters. The van der Waals surface area contributed by atoms with Crippen molar-refractivity contribution in [3.8, 4) is 11.1 Å². The molecule has 0 amide bonds. The van der Waals surface area contributed by atoms with Gasteiger partial charge in [0.2, 0.25) is 0 Å². The summed E-state index contributed by atoms with van der Waals surface area (Å²) >= 11 is 0. The lowest BCUT2D eigenvalue weighted by Gasteiger charge is -2.45. The maximum atomic E-state index is 12.4. The molecule has 2 fully saturated rings. The van der Waals surface area contributed by atoms with E-state index in [0.29, 0.717) is 18.1 Å². The maximum Gasteiger partial charge on any atom is 0.338 e. The van der Waals surface area contributed by atoms with Crippen molar-refractivity contribution in [2.45, 2.75) is 52.2 Å². The second-order valence-corrected chi connectivity index (χ2v) is 9.45. The van der Waals surface area contributed by atoms with Crippen LogP contribution in [0.4, 0.5) is 0 Å². The van der Waals surface area contributed by atoms with Gasteiger partial charge in [0, 0.05) is 23.2 Å². The van der Waals surface area contributed by atoms with Crippen LogP contribution in [0, 0.1) is 23.7 Å². The van der Waals surface area contributed by atoms with Crippen molar-refractivity contribution in [1.29, 1.82) is 0 Å². The summed E-state index contributed by atoms with van der Waals surface area (Å²) in [6, 6.07) is 11.7. The van der Waals surface area contributed by atoms with Gasteiger partial charge in [0.15, 0.2) is 5.60 Å². The van der Waals surface area contributed by atoms with Gasteiger partial charge in [0.25, 0.3) is 0 Å². The number of carbonyl (C=O) groups excluding carboxylic acids is 1. The number of hydrogen-bond acceptors (Lipinski definition) is 6. The van der Waals surface area contributed by atoms with Crippen LogP contribution in [0.2, 0.25) is 0 Å². The Kier molecular flexibility index (Phi) is 6.39. The monoisotopic (exact) mass is 448 g/mol. The van der Waals surface area contributed by atoms with Gasteiger partial charge < -0.3 is 15.1 Å². The number of aliphatic hydroxyl groups is 1. The molecule has 6 atom stereocenters. The summed E-state index contributed by atoms with van der Waals surface area (Å²) in [7, 11) is 0. The summed E-state index contributed by atoms with van der Waals surface area (Å²) in [5.41, 5.74) is 2.67. The van der Waals surface area contributed by atoms with Gasteiger partial charge in [0.05, 0.1) is 11.4 Å². The summed E-state index contributed by atoms with van der Waals surface area (Å²) in [6.07, 6.45) is 7.01. The molecule has 1 aliphatic heterocycles. The standard InChI is InChI=1S/C27H32N2O4/c1-5-21-16(2)14-27(31)25(18(4)33-26(27)30)24(21)13-12-20-11-10-19(15-28-20)23-9-7-6-8-22(23)17(3)29-32/h6-13,15-16,18,21,24-25,31-32H,5,14H2,1-4H3/b13-12+,29-17+. The van der Waals surface area contributed by atoms with Crippen molar-refractivity contribution in [2.75, 3.05) is 0 Å².